The largest absolute Gasteiger partial charge is 0.384 e. The molecule has 1 N–H and O–H groups in total. The van der Waals surface area contributed by atoms with E-state index in [2.05, 4.69) is 0 Å². The maximum Gasteiger partial charge on any atom is 0.147 e. The lowest BCUT2D eigenvalue weighted by atomic mass is 9.96. The van der Waals surface area contributed by atoms with E-state index in [0.717, 1.165) is 11.1 Å². The van der Waals surface area contributed by atoms with Crippen molar-refractivity contribution in [1.82, 2.24) is 0 Å². The Kier molecular flexibility index (Phi) is 3.69. The van der Waals surface area contributed by atoms with Crippen molar-refractivity contribution in [2.24, 2.45) is 0 Å². The number of aliphatic hydroxyl groups is 1. The molecule has 0 aromatic heterocycles. The number of rotatable bonds is 2. The SMILES string of the molecule is Cc1ccc(C(O)c2cccc(Cl)c2F)c(C)c1. The van der Waals surface area contributed by atoms with Crippen LogP contribution >= 0.6 is 11.6 Å². The van der Waals surface area contributed by atoms with Crippen LogP contribution in [-0.2, 0) is 0 Å². The van der Waals surface area contributed by atoms with Gasteiger partial charge in [0.15, 0.2) is 0 Å². The topological polar surface area (TPSA) is 20.2 Å². The first-order chi connectivity index (χ1) is 8.50. The fourth-order valence-electron chi connectivity index (χ4n) is 2.03. The minimum Gasteiger partial charge on any atom is -0.384 e. The van der Waals surface area contributed by atoms with Gasteiger partial charge in [-0.3, -0.25) is 0 Å². The zero-order valence-corrected chi connectivity index (χ0v) is 11.0. The van der Waals surface area contributed by atoms with Gasteiger partial charge in [-0.1, -0.05) is 47.5 Å². The van der Waals surface area contributed by atoms with Gasteiger partial charge in [-0.2, -0.15) is 0 Å². The molecule has 2 aromatic carbocycles. The molecule has 1 unspecified atom stereocenters. The summed E-state index contributed by atoms with van der Waals surface area (Å²) in [5.41, 5.74) is 2.94. The third-order valence-corrected chi connectivity index (χ3v) is 3.29. The van der Waals surface area contributed by atoms with Gasteiger partial charge >= 0.3 is 0 Å². The average Bonchev–Trinajstić information content (AvgIpc) is 2.32. The van der Waals surface area contributed by atoms with E-state index in [1.807, 2.05) is 32.0 Å². The highest BCUT2D eigenvalue weighted by atomic mass is 35.5. The maximum absolute atomic E-state index is 13.9. The maximum atomic E-state index is 13.9. The van der Waals surface area contributed by atoms with Crippen LogP contribution in [0.2, 0.25) is 5.02 Å². The number of aliphatic hydroxyl groups excluding tert-OH is 1. The lowest BCUT2D eigenvalue weighted by molar-refractivity contribution is 0.214. The number of halogens is 2. The van der Waals surface area contributed by atoms with Crippen LogP contribution < -0.4 is 0 Å². The van der Waals surface area contributed by atoms with Gasteiger partial charge in [-0.15, -0.1) is 0 Å². The molecule has 0 aliphatic carbocycles. The van der Waals surface area contributed by atoms with Crippen molar-refractivity contribution in [3.05, 3.63) is 69.5 Å². The zero-order chi connectivity index (χ0) is 13.3. The van der Waals surface area contributed by atoms with E-state index in [1.54, 1.807) is 12.1 Å². The molecule has 0 saturated carbocycles. The van der Waals surface area contributed by atoms with Crippen LogP contribution in [0.4, 0.5) is 4.39 Å². The molecule has 0 amide bonds. The number of benzene rings is 2. The monoisotopic (exact) mass is 264 g/mol. The van der Waals surface area contributed by atoms with Crippen molar-refractivity contribution in [2.45, 2.75) is 20.0 Å². The minimum absolute atomic E-state index is 0.0244. The van der Waals surface area contributed by atoms with Crippen molar-refractivity contribution in [3.63, 3.8) is 0 Å². The van der Waals surface area contributed by atoms with Crippen LogP contribution in [0.25, 0.3) is 0 Å². The number of hydrogen-bond donors (Lipinski definition) is 1. The molecule has 18 heavy (non-hydrogen) atoms. The summed E-state index contributed by atoms with van der Waals surface area (Å²) in [6.45, 7) is 3.87. The molecule has 2 aromatic rings. The Morgan fingerprint density at radius 3 is 2.50 bits per heavy atom. The minimum atomic E-state index is -0.996. The average molecular weight is 265 g/mol. The van der Waals surface area contributed by atoms with Crippen LogP contribution in [-0.4, -0.2) is 5.11 Å². The zero-order valence-electron chi connectivity index (χ0n) is 10.2. The first kappa shape index (κ1) is 13.1. The second-order valence-corrected chi connectivity index (χ2v) is 4.81. The van der Waals surface area contributed by atoms with Crippen LogP contribution in [0.1, 0.15) is 28.4 Å². The molecule has 0 aliphatic heterocycles. The highest BCUT2D eigenvalue weighted by Gasteiger charge is 2.18. The van der Waals surface area contributed by atoms with Gasteiger partial charge in [-0.05, 0) is 31.0 Å². The molecule has 0 bridgehead atoms. The smallest absolute Gasteiger partial charge is 0.147 e. The summed E-state index contributed by atoms with van der Waals surface area (Å²) in [6, 6.07) is 10.3. The van der Waals surface area contributed by atoms with Gasteiger partial charge in [0.2, 0.25) is 0 Å². The second kappa shape index (κ2) is 5.09. The summed E-state index contributed by atoms with van der Waals surface area (Å²) in [5.74, 6) is -0.563. The van der Waals surface area contributed by atoms with Crippen molar-refractivity contribution >= 4 is 11.6 Å². The van der Waals surface area contributed by atoms with Gasteiger partial charge in [0.25, 0.3) is 0 Å². The third-order valence-electron chi connectivity index (χ3n) is 3.00. The van der Waals surface area contributed by atoms with Crippen molar-refractivity contribution in [1.29, 1.82) is 0 Å². The molecule has 0 fully saturated rings. The molecule has 0 spiro atoms. The molecular weight excluding hydrogens is 251 g/mol. The van der Waals surface area contributed by atoms with Gasteiger partial charge in [-0.25, -0.2) is 4.39 Å². The van der Waals surface area contributed by atoms with E-state index in [4.69, 9.17) is 11.6 Å². The first-order valence-corrected chi connectivity index (χ1v) is 6.07. The predicted octanol–water partition coefficient (Wildman–Crippen LogP) is 4.18. The Labute approximate surface area is 111 Å². The fourth-order valence-corrected chi connectivity index (χ4v) is 2.21. The van der Waals surface area contributed by atoms with E-state index in [-0.39, 0.29) is 10.6 Å². The fraction of sp³-hybridized carbons (Fsp3) is 0.200. The molecule has 1 atom stereocenters. The highest BCUT2D eigenvalue weighted by molar-refractivity contribution is 6.30. The molecule has 0 saturated heterocycles. The molecule has 3 heteroatoms. The lowest BCUT2D eigenvalue weighted by Crippen LogP contribution is -2.05. The van der Waals surface area contributed by atoms with Gasteiger partial charge < -0.3 is 5.11 Å². The van der Waals surface area contributed by atoms with Gasteiger partial charge in [0.1, 0.15) is 11.9 Å². The summed E-state index contributed by atoms with van der Waals surface area (Å²) >= 11 is 5.72. The number of hydrogen-bond acceptors (Lipinski definition) is 1. The summed E-state index contributed by atoms with van der Waals surface area (Å²) < 4.78 is 13.9. The molecule has 2 rings (SSSR count). The lowest BCUT2D eigenvalue weighted by Gasteiger charge is -2.15. The van der Waals surface area contributed by atoms with E-state index in [9.17, 15) is 9.50 Å². The Balaban J connectivity index is 2.48. The van der Waals surface area contributed by atoms with E-state index in [0.29, 0.717) is 5.56 Å². The summed E-state index contributed by atoms with van der Waals surface area (Å²) in [7, 11) is 0. The van der Waals surface area contributed by atoms with Crippen molar-refractivity contribution in [3.8, 4) is 0 Å². The first-order valence-electron chi connectivity index (χ1n) is 5.70. The normalized spacial score (nSPS) is 12.5. The Morgan fingerprint density at radius 1 is 1.11 bits per heavy atom. The van der Waals surface area contributed by atoms with E-state index in [1.165, 1.54) is 6.07 Å². The van der Waals surface area contributed by atoms with Crippen molar-refractivity contribution in [2.75, 3.05) is 0 Å². The summed E-state index contributed by atoms with van der Waals surface area (Å²) in [5, 5.41) is 10.3. The molecule has 0 heterocycles. The molecule has 94 valence electrons. The predicted molar refractivity (Wildman–Crippen MR) is 71.4 cm³/mol. The third kappa shape index (κ3) is 2.40. The Morgan fingerprint density at radius 2 is 1.83 bits per heavy atom. The Hall–Kier alpha value is -1.38. The number of aryl methyl sites for hydroxylation is 2. The molecular formula is C15H14ClFO. The van der Waals surface area contributed by atoms with Crippen molar-refractivity contribution < 1.29 is 9.50 Å². The van der Waals surface area contributed by atoms with E-state index >= 15 is 0 Å². The van der Waals surface area contributed by atoms with Crippen LogP contribution in [0.5, 0.6) is 0 Å². The van der Waals surface area contributed by atoms with Crippen LogP contribution in [0.15, 0.2) is 36.4 Å². The standard InChI is InChI=1S/C15H14ClFO/c1-9-6-7-11(10(2)8-9)15(18)12-4-3-5-13(16)14(12)17/h3-8,15,18H,1-2H3. The van der Waals surface area contributed by atoms with Crippen LogP contribution in [0, 0.1) is 19.7 Å². The summed E-state index contributed by atoms with van der Waals surface area (Å²) in [6.07, 6.45) is -0.996. The van der Waals surface area contributed by atoms with Gasteiger partial charge in [0, 0.05) is 5.56 Å². The Bertz CT molecular complexity index is 581. The quantitative estimate of drug-likeness (QED) is 0.863. The second-order valence-electron chi connectivity index (χ2n) is 4.41. The molecule has 0 aliphatic rings. The molecule has 0 radical (unpaired) electrons. The molecule has 1 nitrogen and oxygen atoms in total. The highest BCUT2D eigenvalue weighted by Crippen LogP contribution is 2.29. The van der Waals surface area contributed by atoms with Crippen LogP contribution in [0.3, 0.4) is 0 Å². The van der Waals surface area contributed by atoms with Gasteiger partial charge in [0.05, 0.1) is 5.02 Å². The van der Waals surface area contributed by atoms with E-state index < -0.39 is 11.9 Å². The summed E-state index contributed by atoms with van der Waals surface area (Å²) in [4.78, 5) is 0.